The highest BCUT2D eigenvalue weighted by atomic mass is 32.2. The molecule has 0 bridgehead atoms. The average Bonchev–Trinajstić information content (AvgIpc) is 3.21. The Morgan fingerprint density at radius 1 is 1.20 bits per heavy atom. The number of ether oxygens (including phenoxy) is 1. The number of hydrogen-bond acceptors (Lipinski definition) is 4. The zero-order valence-corrected chi connectivity index (χ0v) is 12.1. The summed E-state index contributed by atoms with van der Waals surface area (Å²) in [4.78, 5) is 13.7. The molecular formula is C14H17NO4S. The fourth-order valence-electron chi connectivity index (χ4n) is 2.36. The molecular weight excluding hydrogens is 278 g/mol. The number of hydrogen-bond donors (Lipinski definition) is 0. The highest BCUT2D eigenvalue weighted by molar-refractivity contribution is 7.92. The maximum absolute atomic E-state index is 12.4. The first kappa shape index (κ1) is 13.4. The first-order valence-electron chi connectivity index (χ1n) is 6.69. The molecule has 1 aromatic rings. The van der Waals surface area contributed by atoms with Crippen LogP contribution in [0.3, 0.4) is 0 Å². The van der Waals surface area contributed by atoms with Crippen LogP contribution < -0.4 is 4.74 Å². The highest BCUT2D eigenvalue weighted by Gasteiger charge is 2.44. The summed E-state index contributed by atoms with van der Waals surface area (Å²) in [6.07, 6.45) is 1.90. The van der Waals surface area contributed by atoms with Gasteiger partial charge in [-0.3, -0.25) is 4.79 Å². The maximum atomic E-state index is 12.4. The number of carbonyl (C=O) groups excluding carboxylic acids is 1. The van der Waals surface area contributed by atoms with Crippen molar-refractivity contribution in [1.82, 2.24) is 4.90 Å². The SMILES string of the molecule is COc1ccc(S(=O)(=O)C2CN(C(=O)C3CC3)C2)cc1. The van der Waals surface area contributed by atoms with E-state index in [0.717, 1.165) is 12.8 Å². The molecule has 108 valence electrons. The van der Waals surface area contributed by atoms with Crippen molar-refractivity contribution in [3.05, 3.63) is 24.3 Å². The lowest BCUT2D eigenvalue weighted by atomic mass is 10.2. The molecule has 3 rings (SSSR count). The van der Waals surface area contributed by atoms with Gasteiger partial charge in [0.25, 0.3) is 0 Å². The van der Waals surface area contributed by atoms with E-state index in [1.54, 1.807) is 29.2 Å². The Labute approximate surface area is 118 Å². The Bertz CT molecular complexity index is 613. The summed E-state index contributed by atoms with van der Waals surface area (Å²) in [6, 6.07) is 6.39. The molecule has 1 amide bonds. The number of benzene rings is 1. The normalized spacial score (nSPS) is 19.6. The van der Waals surface area contributed by atoms with Gasteiger partial charge in [-0.05, 0) is 37.1 Å². The van der Waals surface area contributed by atoms with Gasteiger partial charge in [0.2, 0.25) is 5.91 Å². The average molecular weight is 295 g/mol. The Morgan fingerprint density at radius 2 is 1.80 bits per heavy atom. The summed E-state index contributed by atoms with van der Waals surface area (Å²) in [5, 5.41) is -0.474. The summed E-state index contributed by atoms with van der Waals surface area (Å²) in [6.45, 7) is 0.646. The predicted octanol–water partition coefficient (Wildman–Crippen LogP) is 1.09. The summed E-state index contributed by atoms with van der Waals surface area (Å²) in [5.41, 5.74) is 0. The zero-order chi connectivity index (χ0) is 14.3. The fraction of sp³-hybridized carbons (Fsp3) is 0.500. The fourth-order valence-corrected chi connectivity index (χ4v) is 4.01. The molecule has 2 fully saturated rings. The Morgan fingerprint density at radius 3 is 2.30 bits per heavy atom. The molecule has 5 nitrogen and oxygen atoms in total. The van der Waals surface area contributed by atoms with Crippen LogP contribution >= 0.6 is 0 Å². The van der Waals surface area contributed by atoms with Crippen molar-refractivity contribution in [3.63, 3.8) is 0 Å². The minimum absolute atomic E-state index is 0.117. The van der Waals surface area contributed by atoms with Gasteiger partial charge in [-0.25, -0.2) is 8.42 Å². The molecule has 2 aliphatic rings. The Hall–Kier alpha value is -1.56. The molecule has 0 spiro atoms. The van der Waals surface area contributed by atoms with E-state index in [1.807, 2.05) is 0 Å². The summed E-state index contributed by atoms with van der Waals surface area (Å²) >= 11 is 0. The maximum Gasteiger partial charge on any atom is 0.225 e. The van der Waals surface area contributed by atoms with Crippen molar-refractivity contribution < 1.29 is 17.9 Å². The number of nitrogens with zero attached hydrogens (tertiary/aromatic N) is 1. The number of amides is 1. The molecule has 1 aliphatic carbocycles. The van der Waals surface area contributed by atoms with Gasteiger partial charge in [-0.1, -0.05) is 0 Å². The van der Waals surface area contributed by atoms with E-state index in [9.17, 15) is 13.2 Å². The Kier molecular flexibility index (Phi) is 3.20. The second-order valence-corrected chi connectivity index (χ2v) is 7.59. The van der Waals surface area contributed by atoms with E-state index in [-0.39, 0.29) is 11.8 Å². The predicted molar refractivity (Wildman–Crippen MR) is 73.3 cm³/mol. The lowest BCUT2D eigenvalue weighted by molar-refractivity contribution is -0.135. The number of sulfone groups is 1. The molecule has 0 atom stereocenters. The van der Waals surface area contributed by atoms with Gasteiger partial charge in [0, 0.05) is 19.0 Å². The van der Waals surface area contributed by atoms with Gasteiger partial charge in [-0.2, -0.15) is 0 Å². The van der Waals surface area contributed by atoms with Crippen LogP contribution in [-0.2, 0) is 14.6 Å². The van der Waals surface area contributed by atoms with Gasteiger partial charge >= 0.3 is 0 Å². The second kappa shape index (κ2) is 4.77. The minimum atomic E-state index is -3.35. The van der Waals surface area contributed by atoms with Gasteiger partial charge < -0.3 is 9.64 Å². The highest BCUT2D eigenvalue weighted by Crippen LogP contribution is 2.34. The van der Waals surface area contributed by atoms with Gasteiger partial charge in [0.1, 0.15) is 11.0 Å². The van der Waals surface area contributed by atoms with E-state index in [0.29, 0.717) is 23.7 Å². The first-order chi connectivity index (χ1) is 9.52. The standard InChI is InChI=1S/C14H17NO4S/c1-19-11-4-6-12(7-5-11)20(17,18)13-8-15(9-13)14(16)10-2-3-10/h4-7,10,13H,2-3,8-9H2,1H3. The van der Waals surface area contributed by atoms with E-state index in [4.69, 9.17) is 4.74 Å². The number of carbonyl (C=O) groups is 1. The van der Waals surface area contributed by atoms with Crippen molar-refractivity contribution in [2.45, 2.75) is 23.0 Å². The molecule has 1 aromatic carbocycles. The third kappa shape index (κ3) is 2.28. The molecule has 1 heterocycles. The zero-order valence-electron chi connectivity index (χ0n) is 11.3. The van der Waals surface area contributed by atoms with Crippen LogP contribution in [0.1, 0.15) is 12.8 Å². The van der Waals surface area contributed by atoms with Crippen molar-refractivity contribution in [2.24, 2.45) is 5.92 Å². The van der Waals surface area contributed by atoms with Gasteiger partial charge in [-0.15, -0.1) is 0 Å². The molecule has 0 aromatic heterocycles. The van der Waals surface area contributed by atoms with Crippen LogP contribution in [0.2, 0.25) is 0 Å². The monoisotopic (exact) mass is 295 g/mol. The lowest BCUT2D eigenvalue weighted by Crippen LogP contribution is -2.57. The minimum Gasteiger partial charge on any atom is -0.497 e. The van der Waals surface area contributed by atoms with Crippen molar-refractivity contribution in [1.29, 1.82) is 0 Å². The molecule has 0 N–H and O–H groups in total. The van der Waals surface area contributed by atoms with Crippen LogP contribution in [0.5, 0.6) is 5.75 Å². The number of rotatable bonds is 4. The lowest BCUT2D eigenvalue weighted by Gasteiger charge is -2.38. The third-order valence-electron chi connectivity index (χ3n) is 3.91. The van der Waals surface area contributed by atoms with Crippen LogP contribution in [0, 0.1) is 5.92 Å². The molecule has 0 unspecified atom stereocenters. The second-order valence-electron chi connectivity index (χ2n) is 5.36. The van der Waals surface area contributed by atoms with Crippen molar-refractivity contribution in [2.75, 3.05) is 20.2 Å². The van der Waals surface area contributed by atoms with Crippen LogP contribution in [0.4, 0.5) is 0 Å². The van der Waals surface area contributed by atoms with Crippen molar-refractivity contribution >= 4 is 15.7 Å². The summed E-state index contributed by atoms with van der Waals surface area (Å²) < 4.78 is 29.8. The molecule has 1 saturated carbocycles. The van der Waals surface area contributed by atoms with Crippen LogP contribution in [0.15, 0.2) is 29.2 Å². The van der Waals surface area contributed by atoms with E-state index < -0.39 is 15.1 Å². The third-order valence-corrected chi connectivity index (χ3v) is 6.02. The van der Waals surface area contributed by atoms with E-state index in [1.165, 1.54) is 7.11 Å². The molecule has 0 radical (unpaired) electrons. The van der Waals surface area contributed by atoms with Crippen molar-refractivity contribution in [3.8, 4) is 5.75 Å². The molecule has 20 heavy (non-hydrogen) atoms. The van der Waals surface area contributed by atoms with E-state index in [2.05, 4.69) is 0 Å². The van der Waals surface area contributed by atoms with E-state index >= 15 is 0 Å². The van der Waals surface area contributed by atoms with Crippen LogP contribution in [-0.4, -0.2) is 44.7 Å². The quantitative estimate of drug-likeness (QED) is 0.834. The van der Waals surface area contributed by atoms with Gasteiger partial charge in [0.05, 0.1) is 12.0 Å². The number of likely N-dealkylation sites (tertiary alicyclic amines) is 1. The Balaban J connectivity index is 1.68. The van der Waals surface area contributed by atoms with Gasteiger partial charge in [0.15, 0.2) is 9.84 Å². The largest absolute Gasteiger partial charge is 0.497 e. The first-order valence-corrected chi connectivity index (χ1v) is 8.24. The molecule has 1 aliphatic heterocycles. The smallest absolute Gasteiger partial charge is 0.225 e. The topological polar surface area (TPSA) is 63.7 Å². The number of methoxy groups -OCH3 is 1. The summed E-state index contributed by atoms with van der Waals surface area (Å²) in [7, 11) is -1.81. The molecule has 6 heteroatoms. The van der Waals surface area contributed by atoms with Crippen LogP contribution in [0.25, 0.3) is 0 Å². The molecule has 1 saturated heterocycles. The summed E-state index contributed by atoms with van der Waals surface area (Å²) in [5.74, 6) is 0.897.